The lowest BCUT2D eigenvalue weighted by atomic mass is 10.0. The summed E-state index contributed by atoms with van der Waals surface area (Å²) in [5.41, 5.74) is 0.779. The van der Waals surface area contributed by atoms with Crippen LogP contribution in [-0.4, -0.2) is 5.78 Å². The molecule has 2 aromatic rings. The van der Waals surface area contributed by atoms with E-state index in [2.05, 4.69) is 0 Å². The Bertz CT molecular complexity index is 635. The van der Waals surface area contributed by atoms with Gasteiger partial charge >= 0.3 is 0 Å². The third-order valence-electron chi connectivity index (χ3n) is 2.85. The molecule has 0 fully saturated rings. The van der Waals surface area contributed by atoms with Gasteiger partial charge in [0.05, 0.1) is 0 Å². The lowest BCUT2D eigenvalue weighted by Crippen LogP contribution is -2.06. The van der Waals surface area contributed by atoms with Crippen LogP contribution in [0.15, 0.2) is 36.4 Å². The van der Waals surface area contributed by atoms with Gasteiger partial charge in [0.1, 0.15) is 17.5 Å². The first-order valence-electron chi connectivity index (χ1n) is 5.70. The second-order valence-electron chi connectivity index (χ2n) is 4.30. The monoisotopic (exact) mass is 264 g/mol. The van der Waals surface area contributed by atoms with Gasteiger partial charge in [-0.2, -0.15) is 0 Å². The Morgan fingerprint density at radius 2 is 1.74 bits per heavy atom. The smallest absolute Gasteiger partial charge is 0.167 e. The predicted molar refractivity (Wildman–Crippen MR) is 65.5 cm³/mol. The van der Waals surface area contributed by atoms with Gasteiger partial charge in [0.15, 0.2) is 5.78 Å². The number of benzene rings is 2. The highest BCUT2D eigenvalue weighted by atomic mass is 19.1. The van der Waals surface area contributed by atoms with Crippen molar-refractivity contribution in [2.45, 2.75) is 13.3 Å². The molecule has 0 heterocycles. The Balaban J connectivity index is 2.23. The van der Waals surface area contributed by atoms with Gasteiger partial charge in [-0.05, 0) is 42.3 Å². The molecule has 2 rings (SSSR count). The summed E-state index contributed by atoms with van der Waals surface area (Å²) in [5, 5.41) is 0. The highest BCUT2D eigenvalue weighted by Crippen LogP contribution is 2.15. The molecule has 0 spiro atoms. The quantitative estimate of drug-likeness (QED) is 0.770. The summed E-state index contributed by atoms with van der Waals surface area (Å²) in [5.74, 6) is -2.18. The highest BCUT2D eigenvalue weighted by Gasteiger charge is 2.12. The zero-order valence-corrected chi connectivity index (χ0v) is 10.2. The minimum atomic E-state index is -0.757. The van der Waals surface area contributed by atoms with Gasteiger partial charge < -0.3 is 0 Å². The van der Waals surface area contributed by atoms with Crippen molar-refractivity contribution in [3.05, 3.63) is 70.5 Å². The number of Topliss-reactive ketones (excluding diaryl/α,β-unsaturated/α-hetero) is 1. The SMILES string of the molecule is Cc1cc(C(=O)Cc2ccc(F)cc2F)ccc1F. The molecule has 0 aromatic heterocycles. The van der Waals surface area contributed by atoms with E-state index in [9.17, 15) is 18.0 Å². The van der Waals surface area contributed by atoms with Gasteiger partial charge in [-0.15, -0.1) is 0 Å². The molecule has 2 aromatic carbocycles. The van der Waals surface area contributed by atoms with E-state index in [1.165, 1.54) is 24.3 Å². The molecular formula is C15H11F3O. The fourth-order valence-corrected chi connectivity index (χ4v) is 1.76. The van der Waals surface area contributed by atoms with Crippen molar-refractivity contribution < 1.29 is 18.0 Å². The number of aryl methyl sites for hydroxylation is 1. The molecule has 0 N–H and O–H groups in total. The van der Waals surface area contributed by atoms with E-state index in [-0.39, 0.29) is 17.8 Å². The number of carbonyl (C=O) groups excluding carboxylic acids is 1. The van der Waals surface area contributed by atoms with E-state index < -0.39 is 17.5 Å². The van der Waals surface area contributed by atoms with Crippen molar-refractivity contribution >= 4 is 5.78 Å². The van der Waals surface area contributed by atoms with Crippen molar-refractivity contribution in [1.82, 2.24) is 0 Å². The van der Waals surface area contributed by atoms with Crippen LogP contribution in [0.5, 0.6) is 0 Å². The van der Waals surface area contributed by atoms with Crippen LogP contribution in [0.25, 0.3) is 0 Å². The molecule has 0 unspecified atom stereocenters. The summed E-state index contributed by atoms with van der Waals surface area (Å²) in [6, 6.07) is 7.04. The van der Waals surface area contributed by atoms with Crippen LogP contribution in [0.3, 0.4) is 0 Å². The molecule has 4 heteroatoms. The summed E-state index contributed by atoms with van der Waals surface area (Å²) in [4.78, 5) is 11.9. The fourth-order valence-electron chi connectivity index (χ4n) is 1.76. The second kappa shape index (κ2) is 5.26. The highest BCUT2D eigenvalue weighted by molar-refractivity contribution is 5.97. The fraction of sp³-hybridized carbons (Fsp3) is 0.133. The molecule has 0 saturated heterocycles. The molecule has 19 heavy (non-hydrogen) atoms. The lowest BCUT2D eigenvalue weighted by Gasteiger charge is -2.05. The molecule has 0 bridgehead atoms. The summed E-state index contributed by atoms with van der Waals surface area (Å²) < 4.78 is 39.2. The van der Waals surface area contributed by atoms with Crippen molar-refractivity contribution in [3.63, 3.8) is 0 Å². The maximum Gasteiger partial charge on any atom is 0.167 e. The van der Waals surface area contributed by atoms with E-state index in [1.54, 1.807) is 6.92 Å². The molecule has 0 atom stereocenters. The molecule has 0 amide bonds. The van der Waals surface area contributed by atoms with Crippen molar-refractivity contribution in [3.8, 4) is 0 Å². The summed E-state index contributed by atoms with van der Waals surface area (Å²) in [7, 11) is 0. The van der Waals surface area contributed by atoms with E-state index in [1.807, 2.05) is 0 Å². The Labute approximate surface area is 108 Å². The average Bonchev–Trinajstić information content (AvgIpc) is 2.36. The average molecular weight is 264 g/mol. The summed E-state index contributed by atoms with van der Waals surface area (Å²) in [6.07, 6.45) is -0.183. The standard InChI is InChI=1S/C15H11F3O/c1-9-6-11(3-5-13(9)17)15(19)7-10-2-4-12(16)8-14(10)18/h2-6,8H,7H2,1H3. The van der Waals surface area contributed by atoms with Gasteiger partial charge in [-0.1, -0.05) is 6.07 Å². The van der Waals surface area contributed by atoms with Crippen LogP contribution in [0.2, 0.25) is 0 Å². The van der Waals surface area contributed by atoms with Crippen LogP contribution in [-0.2, 0) is 6.42 Å². The first-order chi connectivity index (χ1) is 8.97. The first kappa shape index (κ1) is 13.3. The maximum atomic E-state index is 13.4. The van der Waals surface area contributed by atoms with Crippen LogP contribution < -0.4 is 0 Å². The van der Waals surface area contributed by atoms with Gasteiger partial charge in [-0.3, -0.25) is 4.79 Å². The zero-order chi connectivity index (χ0) is 14.0. The number of hydrogen-bond donors (Lipinski definition) is 0. The normalized spacial score (nSPS) is 10.5. The Morgan fingerprint density at radius 3 is 2.37 bits per heavy atom. The minimum Gasteiger partial charge on any atom is -0.294 e. The number of hydrogen-bond acceptors (Lipinski definition) is 1. The predicted octanol–water partition coefficient (Wildman–Crippen LogP) is 3.84. The van der Waals surface area contributed by atoms with Crippen molar-refractivity contribution in [1.29, 1.82) is 0 Å². The topological polar surface area (TPSA) is 17.1 Å². The van der Waals surface area contributed by atoms with Crippen molar-refractivity contribution in [2.24, 2.45) is 0 Å². The van der Waals surface area contributed by atoms with Crippen LogP contribution in [0.4, 0.5) is 13.2 Å². The van der Waals surface area contributed by atoms with Gasteiger partial charge in [0.2, 0.25) is 0 Å². The number of ketones is 1. The molecule has 98 valence electrons. The first-order valence-corrected chi connectivity index (χ1v) is 5.70. The Morgan fingerprint density at radius 1 is 1.00 bits per heavy atom. The van der Waals surface area contributed by atoms with Crippen LogP contribution >= 0.6 is 0 Å². The van der Waals surface area contributed by atoms with Gasteiger partial charge in [-0.25, -0.2) is 13.2 Å². The molecule has 0 aliphatic carbocycles. The van der Waals surface area contributed by atoms with Gasteiger partial charge in [0.25, 0.3) is 0 Å². The van der Waals surface area contributed by atoms with E-state index >= 15 is 0 Å². The minimum absolute atomic E-state index is 0.119. The van der Waals surface area contributed by atoms with Crippen molar-refractivity contribution in [2.75, 3.05) is 0 Å². The van der Waals surface area contributed by atoms with E-state index in [0.717, 1.165) is 12.1 Å². The Hall–Kier alpha value is -2.10. The molecule has 1 nitrogen and oxygen atoms in total. The van der Waals surface area contributed by atoms with Gasteiger partial charge in [0, 0.05) is 18.1 Å². The largest absolute Gasteiger partial charge is 0.294 e. The lowest BCUT2D eigenvalue weighted by molar-refractivity contribution is 0.0991. The molecule has 0 radical (unpaired) electrons. The maximum absolute atomic E-state index is 13.4. The summed E-state index contributed by atoms with van der Waals surface area (Å²) in [6.45, 7) is 1.55. The van der Waals surface area contributed by atoms with E-state index in [4.69, 9.17) is 0 Å². The second-order valence-corrected chi connectivity index (χ2v) is 4.30. The third-order valence-corrected chi connectivity index (χ3v) is 2.85. The molecular weight excluding hydrogens is 253 g/mol. The van der Waals surface area contributed by atoms with Crippen LogP contribution in [0.1, 0.15) is 21.5 Å². The van der Waals surface area contributed by atoms with E-state index in [0.29, 0.717) is 11.1 Å². The number of halogens is 3. The molecule has 0 aliphatic rings. The van der Waals surface area contributed by atoms with Crippen LogP contribution in [0, 0.1) is 24.4 Å². The zero-order valence-electron chi connectivity index (χ0n) is 10.2. The Kier molecular flexibility index (Phi) is 3.69. The summed E-state index contributed by atoms with van der Waals surface area (Å²) >= 11 is 0. The number of rotatable bonds is 3. The third kappa shape index (κ3) is 3.02. The molecule has 0 aliphatic heterocycles. The molecule has 0 saturated carbocycles. The number of carbonyl (C=O) groups is 1.